The van der Waals surface area contributed by atoms with Gasteiger partial charge < -0.3 is 10.6 Å². The maximum absolute atomic E-state index is 12.2. The van der Waals surface area contributed by atoms with E-state index in [2.05, 4.69) is 10.6 Å². The number of nitrogens with zero attached hydrogens (tertiary/aromatic N) is 1. The van der Waals surface area contributed by atoms with Gasteiger partial charge in [-0.3, -0.25) is 9.59 Å². The third kappa shape index (κ3) is 3.79. The minimum absolute atomic E-state index is 0.0844. The molecule has 0 saturated heterocycles. The third-order valence-electron chi connectivity index (χ3n) is 4.06. The largest absolute Gasteiger partial charge is 0.352 e. The number of carbonyl (C=O) groups is 2. The number of hydrogen-bond donors (Lipinski definition) is 2. The van der Waals surface area contributed by atoms with Crippen molar-refractivity contribution in [2.24, 2.45) is 11.8 Å². The van der Waals surface area contributed by atoms with Crippen LogP contribution in [0.2, 0.25) is 0 Å². The van der Waals surface area contributed by atoms with Crippen molar-refractivity contribution in [3.8, 4) is 6.07 Å². The fourth-order valence-electron chi connectivity index (χ4n) is 2.55. The summed E-state index contributed by atoms with van der Waals surface area (Å²) in [4.78, 5) is 24.3. The van der Waals surface area contributed by atoms with Crippen LogP contribution >= 0.6 is 0 Å². The van der Waals surface area contributed by atoms with Crippen molar-refractivity contribution in [1.29, 1.82) is 5.26 Å². The van der Waals surface area contributed by atoms with Crippen LogP contribution in [0.15, 0.2) is 54.6 Å². The van der Waals surface area contributed by atoms with Gasteiger partial charge in [-0.05, 0) is 36.2 Å². The Hall–Kier alpha value is -3.13. The minimum Gasteiger partial charge on any atom is -0.352 e. The number of nitriles is 1. The summed E-state index contributed by atoms with van der Waals surface area (Å²) in [6.07, 6.45) is 0.572. The average Bonchev–Trinajstić information content (AvgIpc) is 3.42. The van der Waals surface area contributed by atoms with E-state index in [0.29, 0.717) is 24.2 Å². The van der Waals surface area contributed by atoms with Gasteiger partial charge in [-0.25, -0.2) is 0 Å². The maximum Gasteiger partial charge on any atom is 0.228 e. The summed E-state index contributed by atoms with van der Waals surface area (Å²) in [5.74, 6) is -0.776. The highest BCUT2D eigenvalue weighted by molar-refractivity contribution is 5.99. The van der Waals surface area contributed by atoms with Crippen LogP contribution < -0.4 is 10.6 Å². The van der Waals surface area contributed by atoms with Gasteiger partial charge in [0.1, 0.15) is 0 Å². The van der Waals surface area contributed by atoms with Crippen LogP contribution in [0.4, 0.5) is 5.69 Å². The molecule has 5 nitrogen and oxygen atoms in total. The van der Waals surface area contributed by atoms with Crippen LogP contribution in [0.1, 0.15) is 17.5 Å². The van der Waals surface area contributed by atoms with Crippen molar-refractivity contribution in [3.05, 3.63) is 65.7 Å². The van der Waals surface area contributed by atoms with E-state index in [1.165, 1.54) is 0 Å². The van der Waals surface area contributed by atoms with Crippen molar-refractivity contribution < 1.29 is 9.59 Å². The van der Waals surface area contributed by atoms with E-state index in [9.17, 15) is 9.59 Å². The molecule has 1 saturated carbocycles. The topological polar surface area (TPSA) is 82.0 Å². The first-order valence-corrected chi connectivity index (χ1v) is 7.80. The molecular formula is C19H17N3O2. The zero-order valence-corrected chi connectivity index (χ0v) is 13.0. The Morgan fingerprint density at radius 3 is 2.33 bits per heavy atom. The molecule has 120 valence electrons. The van der Waals surface area contributed by atoms with E-state index in [0.717, 1.165) is 5.56 Å². The van der Waals surface area contributed by atoms with Crippen LogP contribution in [0.25, 0.3) is 0 Å². The van der Waals surface area contributed by atoms with E-state index < -0.39 is 0 Å². The van der Waals surface area contributed by atoms with Crippen molar-refractivity contribution in [2.75, 3.05) is 5.32 Å². The van der Waals surface area contributed by atoms with Crippen LogP contribution in [-0.2, 0) is 16.1 Å². The van der Waals surface area contributed by atoms with E-state index in [-0.39, 0.29) is 23.7 Å². The predicted octanol–water partition coefficient (Wildman–Crippen LogP) is 2.45. The lowest BCUT2D eigenvalue weighted by molar-refractivity contribution is -0.125. The Morgan fingerprint density at radius 1 is 1.00 bits per heavy atom. The van der Waals surface area contributed by atoms with Crippen LogP contribution in [-0.4, -0.2) is 11.8 Å². The van der Waals surface area contributed by atoms with Gasteiger partial charge in [0.15, 0.2) is 0 Å². The Balaban J connectivity index is 1.48. The lowest BCUT2D eigenvalue weighted by atomic mass is 10.2. The highest BCUT2D eigenvalue weighted by Crippen LogP contribution is 2.39. The Morgan fingerprint density at radius 2 is 1.67 bits per heavy atom. The Labute approximate surface area is 140 Å². The van der Waals surface area contributed by atoms with Gasteiger partial charge in [-0.15, -0.1) is 0 Å². The summed E-state index contributed by atoms with van der Waals surface area (Å²) >= 11 is 0. The first-order valence-electron chi connectivity index (χ1n) is 7.80. The van der Waals surface area contributed by atoms with Gasteiger partial charge in [0, 0.05) is 12.2 Å². The molecule has 1 fully saturated rings. The molecule has 2 N–H and O–H groups in total. The quantitative estimate of drug-likeness (QED) is 0.888. The predicted molar refractivity (Wildman–Crippen MR) is 89.7 cm³/mol. The van der Waals surface area contributed by atoms with E-state index in [1.54, 1.807) is 24.3 Å². The lowest BCUT2D eigenvalue weighted by Gasteiger charge is -2.06. The maximum atomic E-state index is 12.2. The first kappa shape index (κ1) is 15.8. The van der Waals surface area contributed by atoms with Gasteiger partial charge in [-0.2, -0.15) is 5.26 Å². The highest BCUT2D eigenvalue weighted by Gasteiger charge is 2.47. The second-order valence-corrected chi connectivity index (χ2v) is 5.83. The third-order valence-corrected chi connectivity index (χ3v) is 4.06. The van der Waals surface area contributed by atoms with Crippen molar-refractivity contribution in [2.45, 2.75) is 13.0 Å². The second-order valence-electron chi connectivity index (χ2n) is 5.83. The van der Waals surface area contributed by atoms with Crippen LogP contribution in [0.3, 0.4) is 0 Å². The summed E-state index contributed by atoms with van der Waals surface area (Å²) in [5, 5.41) is 14.4. The summed E-state index contributed by atoms with van der Waals surface area (Å²) in [7, 11) is 0. The average molecular weight is 319 g/mol. The standard InChI is InChI=1S/C19H17N3O2/c20-11-13-6-8-15(9-7-13)22-19(24)17-10-16(17)18(23)21-12-14-4-2-1-3-5-14/h1-9,16-17H,10,12H2,(H,21,23)(H,22,24). The molecule has 24 heavy (non-hydrogen) atoms. The molecule has 2 unspecified atom stereocenters. The Bertz CT molecular complexity index is 779. The molecule has 2 atom stereocenters. The molecule has 0 bridgehead atoms. The zero-order valence-electron chi connectivity index (χ0n) is 13.0. The minimum atomic E-state index is -0.281. The van der Waals surface area contributed by atoms with Crippen molar-refractivity contribution in [3.63, 3.8) is 0 Å². The van der Waals surface area contributed by atoms with E-state index in [4.69, 9.17) is 5.26 Å². The smallest absolute Gasteiger partial charge is 0.228 e. The molecule has 0 radical (unpaired) electrons. The monoisotopic (exact) mass is 319 g/mol. The van der Waals surface area contributed by atoms with Crippen molar-refractivity contribution >= 4 is 17.5 Å². The SMILES string of the molecule is N#Cc1ccc(NC(=O)C2CC2C(=O)NCc2ccccc2)cc1. The second kappa shape index (κ2) is 6.97. The molecular weight excluding hydrogens is 302 g/mol. The molecule has 2 aromatic carbocycles. The molecule has 0 heterocycles. The number of nitrogens with one attached hydrogen (secondary N) is 2. The zero-order chi connectivity index (χ0) is 16.9. The number of rotatable bonds is 5. The normalized spacial score (nSPS) is 18.3. The van der Waals surface area contributed by atoms with Gasteiger partial charge in [0.25, 0.3) is 0 Å². The number of carbonyl (C=O) groups excluding carboxylic acids is 2. The molecule has 1 aliphatic rings. The van der Waals surface area contributed by atoms with Gasteiger partial charge >= 0.3 is 0 Å². The summed E-state index contributed by atoms with van der Waals surface area (Å²) in [5.41, 5.74) is 2.21. The summed E-state index contributed by atoms with van der Waals surface area (Å²) < 4.78 is 0. The lowest BCUT2D eigenvalue weighted by Crippen LogP contribution is -2.27. The van der Waals surface area contributed by atoms with E-state index >= 15 is 0 Å². The van der Waals surface area contributed by atoms with Gasteiger partial charge in [-0.1, -0.05) is 30.3 Å². The fraction of sp³-hybridized carbons (Fsp3) is 0.211. The summed E-state index contributed by atoms with van der Waals surface area (Å²) in [6.45, 7) is 0.472. The number of anilines is 1. The molecule has 1 aliphatic carbocycles. The Kier molecular flexibility index (Phi) is 4.57. The molecule has 2 amide bonds. The molecule has 0 spiro atoms. The molecule has 3 rings (SSSR count). The molecule has 0 aromatic heterocycles. The molecule has 0 aliphatic heterocycles. The number of hydrogen-bond acceptors (Lipinski definition) is 3. The van der Waals surface area contributed by atoms with Gasteiger partial charge in [0.05, 0.1) is 23.5 Å². The van der Waals surface area contributed by atoms with Crippen molar-refractivity contribution in [1.82, 2.24) is 5.32 Å². The fourth-order valence-corrected chi connectivity index (χ4v) is 2.55. The first-order chi connectivity index (χ1) is 11.7. The summed E-state index contributed by atoms with van der Waals surface area (Å²) in [6, 6.07) is 18.4. The van der Waals surface area contributed by atoms with Crippen LogP contribution in [0, 0.1) is 23.2 Å². The van der Waals surface area contributed by atoms with E-state index in [1.807, 2.05) is 36.4 Å². The van der Waals surface area contributed by atoms with Gasteiger partial charge in [0.2, 0.25) is 11.8 Å². The number of amides is 2. The number of benzene rings is 2. The highest BCUT2D eigenvalue weighted by atomic mass is 16.2. The molecule has 5 heteroatoms. The molecule has 2 aromatic rings. The van der Waals surface area contributed by atoms with Crippen LogP contribution in [0.5, 0.6) is 0 Å².